The summed E-state index contributed by atoms with van der Waals surface area (Å²) in [4.78, 5) is 24.3. The number of amides is 2. The van der Waals surface area contributed by atoms with Crippen molar-refractivity contribution < 1.29 is 22.8 Å². The molecule has 0 aliphatic rings. The summed E-state index contributed by atoms with van der Waals surface area (Å²) in [5.74, 6) is -3.21. The van der Waals surface area contributed by atoms with E-state index in [1.54, 1.807) is 12.1 Å². The molecule has 28 heavy (non-hydrogen) atoms. The van der Waals surface area contributed by atoms with E-state index in [9.17, 15) is 22.8 Å². The number of rotatable bonds is 5. The van der Waals surface area contributed by atoms with Gasteiger partial charge in [0.25, 0.3) is 11.8 Å². The van der Waals surface area contributed by atoms with E-state index < -0.39 is 23.2 Å². The quantitative estimate of drug-likeness (QED) is 0.690. The van der Waals surface area contributed by atoms with Crippen LogP contribution in [0.5, 0.6) is 0 Å². The van der Waals surface area contributed by atoms with Crippen molar-refractivity contribution in [3.05, 3.63) is 101 Å². The van der Waals surface area contributed by atoms with Gasteiger partial charge in [-0.1, -0.05) is 18.2 Å². The summed E-state index contributed by atoms with van der Waals surface area (Å²) < 4.78 is 40.1. The second-order valence-electron chi connectivity index (χ2n) is 5.94. The molecule has 0 heterocycles. The van der Waals surface area contributed by atoms with E-state index in [4.69, 9.17) is 0 Å². The maximum atomic E-state index is 13.6. The van der Waals surface area contributed by atoms with Crippen molar-refractivity contribution in [2.75, 3.05) is 5.32 Å². The van der Waals surface area contributed by atoms with Crippen molar-refractivity contribution >= 4 is 17.5 Å². The van der Waals surface area contributed by atoms with Gasteiger partial charge in [0, 0.05) is 17.7 Å². The van der Waals surface area contributed by atoms with Gasteiger partial charge in [-0.25, -0.2) is 13.2 Å². The molecule has 0 bridgehead atoms. The predicted molar refractivity (Wildman–Crippen MR) is 98.3 cm³/mol. The monoisotopic (exact) mass is 384 g/mol. The van der Waals surface area contributed by atoms with E-state index in [1.807, 2.05) is 0 Å². The molecule has 0 aromatic heterocycles. The van der Waals surface area contributed by atoms with Crippen molar-refractivity contribution in [2.45, 2.75) is 6.54 Å². The first-order valence-electron chi connectivity index (χ1n) is 8.32. The number of carbonyl (C=O) groups excluding carboxylic acids is 2. The molecule has 0 saturated heterocycles. The third-order valence-electron chi connectivity index (χ3n) is 3.98. The van der Waals surface area contributed by atoms with Gasteiger partial charge in [-0.05, 0) is 54.1 Å². The molecule has 3 aromatic rings. The van der Waals surface area contributed by atoms with Crippen LogP contribution in [0.15, 0.2) is 66.7 Å². The highest BCUT2D eigenvalue weighted by Gasteiger charge is 2.14. The molecule has 0 atom stereocenters. The SMILES string of the molecule is O=C(NCc1ccc(F)cc1)c1ccc(C(=O)Nc2c(F)cccc2F)cc1. The van der Waals surface area contributed by atoms with E-state index >= 15 is 0 Å². The van der Waals surface area contributed by atoms with E-state index in [0.29, 0.717) is 5.56 Å². The van der Waals surface area contributed by atoms with Crippen LogP contribution in [0.2, 0.25) is 0 Å². The van der Waals surface area contributed by atoms with Gasteiger partial charge < -0.3 is 10.6 Å². The average Bonchev–Trinajstić information content (AvgIpc) is 2.70. The fraction of sp³-hybridized carbons (Fsp3) is 0.0476. The summed E-state index contributed by atoms with van der Waals surface area (Å²) in [6.07, 6.45) is 0. The van der Waals surface area contributed by atoms with Gasteiger partial charge in [-0.3, -0.25) is 9.59 Å². The number of hydrogen-bond donors (Lipinski definition) is 2. The van der Waals surface area contributed by atoms with Crippen molar-refractivity contribution in [2.24, 2.45) is 0 Å². The summed E-state index contributed by atoms with van der Waals surface area (Å²) >= 11 is 0. The van der Waals surface area contributed by atoms with Crippen molar-refractivity contribution in [3.63, 3.8) is 0 Å². The second-order valence-corrected chi connectivity index (χ2v) is 5.94. The Bertz CT molecular complexity index is 983. The van der Waals surface area contributed by atoms with Crippen LogP contribution in [-0.2, 0) is 6.54 Å². The minimum Gasteiger partial charge on any atom is -0.348 e. The van der Waals surface area contributed by atoms with Gasteiger partial charge in [0.2, 0.25) is 0 Å². The summed E-state index contributed by atoms with van der Waals surface area (Å²) in [6.45, 7) is 0.216. The van der Waals surface area contributed by atoms with Gasteiger partial charge >= 0.3 is 0 Å². The third kappa shape index (κ3) is 4.56. The van der Waals surface area contributed by atoms with E-state index in [1.165, 1.54) is 42.5 Å². The van der Waals surface area contributed by atoms with Crippen LogP contribution in [0.1, 0.15) is 26.3 Å². The molecule has 7 heteroatoms. The molecule has 0 fully saturated rings. The van der Waals surface area contributed by atoms with Crippen molar-refractivity contribution in [3.8, 4) is 0 Å². The Balaban J connectivity index is 1.63. The van der Waals surface area contributed by atoms with E-state index in [0.717, 1.165) is 17.7 Å². The van der Waals surface area contributed by atoms with Gasteiger partial charge in [-0.15, -0.1) is 0 Å². The zero-order chi connectivity index (χ0) is 20.1. The van der Waals surface area contributed by atoms with Gasteiger partial charge in [0.05, 0.1) is 0 Å². The molecule has 4 nitrogen and oxygen atoms in total. The van der Waals surface area contributed by atoms with Crippen molar-refractivity contribution in [1.82, 2.24) is 5.32 Å². The van der Waals surface area contributed by atoms with Crippen LogP contribution in [0.4, 0.5) is 18.9 Å². The first-order valence-corrected chi connectivity index (χ1v) is 8.32. The van der Waals surface area contributed by atoms with Crippen LogP contribution in [-0.4, -0.2) is 11.8 Å². The summed E-state index contributed by atoms with van der Waals surface area (Å²) in [5.41, 5.74) is 0.639. The minimum absolute atomic E-state index is 0.137. The number of para-hydroxylation sites is 1. The van der Waals surface area contributed by atoms with Crippen molar-refractivity contribution in [1.29, 1.82) is 0 Å². The molecule has 0 radical (unpaired) electrons. The molecule has 142 valence electrons. The van der Waals surface area contributed by atoms with Crippen LogP contribution >= 0.6 is 0 Å². The number of halogens is 3. The molecule has 2 amide bonds. The number of hydrogen-bond acceptors (Lipinski definition) is 2. The normalized spacial score (nSPS) is 10.4. The highest BCUT2D eigenvalue weighted by Crippen LogP contribution is 2.19. The molecular formula is C21H15F3N2O2. The summed E-state index contributed by atoms with van der Waals surface area (Å²) in [6, 6.07) is 14.6. The minimum atomic E-state index is -0.884. The lowest BCUT2D eigenvalue weighted by Gasteiger charge is -2.09. The standard InChI is InChI=1S/C21H15F3N2O2/c22-16-10-4-13(5-11-16)12-25-20(27)14-6-8-15(9-7-14)21(28)26-19-17(23)2-1-3-18(19)24/h1-11H,12H2,(H,25,27)(H,26,28). The largest absolute Gasteiger partial charge is 0.348 e. The first-order chi connectivity index (χ1) is 13.4. The molecule has 3 rings (SSSR count). The summed E-state index contributed by atoms with van der Waals surface area (Å²) in [7, 11) is 0. The van der Waals surface area contributed by atoms with Crippen LogP contribution in [0, 0.1) is 17.5 Å². The topological polar surface area (TPSA) is 58.2 Å². The van der Waals surface area contributed by atoms with Crippen LogP contribution in [0.25, 0.3) is 0 Å². The Morgan fingerprint density at radius 3 is 1.82 bits per heavy atom. The third-order valence-corrected chi connectivity index (χ3v) is 3.98. The molecule has 0 unspecified atom stereocenters. The van der Waals surface area contributed by atoms with E-state index in [-0.39, 0.29) is 23.8 Å². The molecule has 0 aliphatic heterocycles. The average molecular weight is 384 g/mol. The Labute approximate surface area is 159 Å². The molecule has 0 saturated carbocycles. The molecule has 2 N–H and O–H groups in total. The number of carbonyl (C=O) groups is 2. The number of benzene rings is 3. The van der Waals surface area contributed by atoms with Crippen LogP contribution in [0.3, 0.4) is 0 Å². The van der Waals surface area contributed by atoms with Gasteiger partial charge in [0.1, 0.15) is 23.1 Å². The maximum absolute atomic E-state index is 13.6. The highest BCUT2D eigenvalue weighted by molar-refractivity contribution is 6.05. The zero-order valence-corrected chi connectivity index (χ0v) is 14.5. The molecule has 0 aliphatic carbocycles. The Morgan fingerprint density at radius 2 is 1.25 bits per heavy atom. The molecular weight excluding hydrogens is 369 g/mol. The van der Waals surface area contributed by atoms with Gasteiger partial charge in [0.15, 0.2) is 0 Å². The Morgan fingerprint density at radius 1 is 0.714 bits per heavy atom. The first kappa shape index (κ1) is 19.2. The van der Waals surface area contributed by atoms with E-state index in [2.05, 4.69) is 10.6 Å². The summed E-state index contributed by atoms with van der Waals surface area (Å²) in [5, 5.41) is 4.85. The fourth-order valence-corrected chi connectivity index (χ4v) is 2.46. The van der Waals surface area contributed by atoms with Gasteiger partial charge in [-0.2, -0.15) is 0 Å². The lowest BCUT2D eigenvalue weighted by molar-refractivity contribution is 0.0949. The molecule has 3 aromatic carbocycles. The predicted octanol–water partition coefficient (Wildman–Crippen LogP) is 4.29. The maximum Gasteiger partial charge on any atom is 0.255 e. The lowest BCUT2D eigenvalue weighted by Crippen LogP contribution is -2.23. The number of anilines is 1. The highest BCUT2D eigenvalue weighted by atomic mass is 19.1. The zero-order valence-electron chi connectivity index (χ0n) is 14.5. The van der Waals surface area contributed by atoms with Crippen LogP contribution < -0.4 is 10.6 Å². The smallest absolute Gasteiger partial charge is 0.255 e. The Kier molecular flexibility index (Phi) is 5.74. The Hall–Kier alpha value is -3.61. The second kappa shape index (κ2) is 8.39. The number of nitrogens with one attached hydrogen (secondary N) is 2. The molecule has 0 spiro atoms. The fourth-order valence-electron chi connectivity index (χ4n) is 2.46. The lowest BCUT2D eigenvalue weighted by atomic mass is 10.1.